The van der Waals surface area contributed by atoms with Gasteiger partial charge in [0.25, 0.3) is 5.91 Å². The van der Waals surface area contributed by atoms with E-state index >= 15 is 0 Å². The van der Waals surface area contributed by atoms with Crippen LogP contribution in [-0.4, -0.2) is 45.1 Å². The molecule has 0 saturated carbocycles. The summed E-state index contributed by atoms with van der Waals surface area (Å²) in [4.78, 5) is 16.6. The predicted octanol–water partition coefficient (Wildman–Crippen LogP) is 2.41. The van der Waals surface area contributed by atoms with Gasteiger partial charge in [0.2, 0.25) is 5.88 Å². The fourth-order valence-corrected chi connectivity index (χ4v) is 3.25. The molecule has 0 atom stereocenters. The van der Waals surface area contributed by atoms with Crippen molar-refractivity contribution in [2.24, 2.45) is 7.05 Å². The molecule has 3 aromatic rings. The first-order valence-corrected chi connectivity index (χ1v) is 9.64. The van der Waals surface area contributed by atoms with Crippen molar-refractivity contribution in [3.8, 4) is 17.3 Å². The number of hydrogen-bond acceptors (Lipinski definition) is 7. The third kappa shape index (κ3) is 4.33. The van der Waals surface area contributed by atoms with E-state index in [2.05, 4.69) is 20.6 Å². The number of nitrogens with one attached hydrogen (secondary N) is 1. The molecule has 1 saturated heterocycles. The van der Waals surface area contributed by atoms with Gasteiger partial charge in [0.15, 0.2) is 0 Å². The lowest BCUT2D eigenvalue weighted by Gasteiger charge is -2.22. The van der Waals surface area contributed by atoms with E-state index in [0.717, 1.165) is 19.0 Å². The van der Waals surface area contributed by atoms with Gasteiger partial charge in [-0.2, -0.15) is 0 Å². The number of carbonyl (C=O) groups is 1. The fourth-order valence-electron chi connectivity index (χ4n) is 3.25. The van der Waals surface area contributed by atoms with E-state index in [-0.39, 0.29) is 18.6 Å². The molecule has 0 radical (unpaired) electrons. The Morgan fingerprint density at radius 2 is 2.17 bits per heavy atom. The standard InChI is InChI=1S/C20H22FN5O4/c1-12-15(19(25-30-12)16-4-3-13(21)10-22-16)11-29-18-9-17(26(2)24-18)20(27)23-14-5-7-28-8-6-14/h3-4,9-10,14H,5-8,11H2,1-2H3,(H,23,27). The number of aryl methyl sites for hydroxylation is 2. The van der Waals surface area contributed by atoms with Gasteiger partial charge in [-0.3, -0.25) is 14.5 Å². The van der Waals surface area contributed by atoms with Crippen molar-refractivity contribution in [1.82, 2.24) is 25.2 Å². The van der Waals surface area contributed by atoms with Crippen molar-refractivity contribution in [3.63, 3.8) is 0 Å². The predicted molar refractivity (Wildman–Crippen MR) is 103 cm³/mol. The molecule has 9 nitrogen and oxygen atoms in total. The lowest BCUT2D eigenvalue weighted by Crippen LogP contribution is -2.39. The molecule has 1 fully saturated rings. The van der Waals surface area contributed by atoms with Crippen LogP contribution in [0.25, 0.3) is 11.4 Å². The van der Waals surface area contributed by atoms with Crippen molar-refractivity contribution in [1.29, 1.82) is 0 Å². The van der Waals surface area contributed by atoms with Crippen LogP contribution in [0.5, 0.6) is 5.88 Å². The Balaban J connectivity index is 1.45. The number of aromatic nitrogens is 4. The molecule has 3 aromatic heterocycles. The second kappa shape index (κ2) is 8.62. The van der Waals surface area contributed by atoms with Crippen molar-refractivity contribution in [3.05, 3.63) is 47.2 Å². The number of halogens is 1. The van der Waals surface area contributed by atoms with E-state index in [1.807, 2.05) is 0 Å². The second-order valence-corrected chi connectivity index (χ2v) is 7.07. The highest BCUT2D eigenvalue weighted by molar-refractivity contribution is 5.93. The van der Waals surface area contributed by atoms with E-state index in [1.165, 1.54) is 16.8 Å². The van der Waals surface area contributed by atoms with Crippen molar-refractivity contribution in [2.45, 2.75) is 32.4 Å². The number of hydrogen-bond donors (Lipinski definition) is 1. The zero-order chi connectivity index (χ0) is 21.1. The molecule has 158 valence electrons. The summed E-state index contributed by atoms with van der Waals surface area (Å²) in [6.45, 7) is 3.16. The minimum absolute atomic E-state index is 0.0935. The van der Waals surface area contributed by atoms with Gasteiger partial charge in [-0.15, -0.1) is 5.10 Å². The Labute approximate surface area is 172 Å². The van der Waals surface area contributed by atoms with E-state index < -0.39 is 5.82 Å². The molecule has 4 heterocycles. The summed E-state index contributed by atoms with van der Waals surface area (Å²) < 4.78 is 31.0. The van der Waals surface area contributed by atoms with Crippen LogP contribution in [0, 0.1) is 12.7 Å². The van der Waals surface area contributed by atoms with E-state index in [4.69, 9.17) is 14.0 Å². The summed E-state index contributed by atoms with van der Waals surface area (Å²) in [5.74, 6) is 0.221. The van der Waals surface area contributed by atoms with Crippen LogP contribution in [0.15, 0.2) is 28.9 Å². The zero-order valence-corrected chi connectivity index (χ0v) is 16.7. The summed E-state index contributed by atoms with van der Waals surface area (Å²) in [7, 11) is 1.68. The Kier molecular flexibility index (Phi) is 5.75. The average Bonchev–Trinajstić information content (AvgIpc) is 3.30. The summed E-state index contributed by atoms with van der Waals surface area (Å²) >= 11 is 0. The van der Waals surface area contributed by atoms with Gasteiger partial charge in [-0.1, -0.05) is 5.16 Å². The van der Waals surface area contributed by atoms with E-state index in [1.54, 1.807) is 20.0 Å². The molecular formula is C20H22FN5O4. The highest BCUT2D eigenvalue weighted by atomic mass is 19.1. The number of carbonyl (C=O) groups excluding carboxylic acids is 1. The molecule has 0 aromatic carbocycles. The number of rotatable bonds is 6. The molecule has 1 amide bonds. The number of nitrogens with zero attached hydrogens (tertiary/aromatic N) is 4. The highest BCUT2D eigenvalue weighted by Gasteiger charge is 2.21. The first kappa shape index (κ1) is 20.0. The SMILES string of the molecule is Cc1onc(-c2ccc(F)cn2)c1COc1cc(C(=O)NC2CCOCC2)n(C)n1. The number of ether oxygens (including phenoxy) is 2. The molecule has 0 bridgehead atoms. The minimum Gasteiger partial charge on any atom is -0.471 e. The number of pyridine rings is 1. The zero-order valence-electron chi connectivity index (χ0n) is 16.7. The van der Waals surface area contributed by atoms with Crippen molar-refractivity contribution in [2.75, 3.05) is 13.2 Å². The Bertz CT molecular complexity index is 1020. The summed E-state index contributed by atoms with van der Waals surface area (Å²) in [6, 6.07) is 4.51. The van der Waals surface area contributed by atoms with Crippen LogP contribution in [-0.2, 0) is 18.4 Å². The molecule has 0 aliphatic carbocycles. The fraction of sp³-hybridized carbons (Fsp3) is 0.400. The Hall–Kier alpha value is -3.27. The molecular weight excluding hydrogens is 393 g/mol. The second-order valence-electron chi connectivity index (χ2n) is 7.07. The van der Waals surface area contributed by atoms with Crippen molar-refractivity contribution >= 4 is 5.91 Å². The lowest BCUT2D eigenvalue weighted by atomic mass is 10.1. The summed E-state index contributed by atoms with van der Waals surface area (Å²) in [5.41, 5.74) is 2.03. The van der Waals surface area contributed by atoms with Crippen molar-refractivity contribution < 1.29 is 23.2 Å². The van der Waals surface area contributed by atoms with Crippen LogP contribution < -0.4 is 10.1 Å². The third-order valence-electron chi connectivity index (χ3n) is 4.97. The molecule has 0 spiro atoms. The highest BCUT2D eigenvalue weighted by Crippen LogP contribution is 2.25. The molecule has 4 rings (SSSR count). The molecule has 1 aliphatic rings. The molecule has 1 N–H and O–H groups in total. The third-order valence-corrected chi connectivity index (χ3v) is 4.97. The first-order chi connectivity index (χ1) is 14.5. The van der Waals surface area contributed by atoms with E-state index in [0.29, 0.717) is 47.5 Å². The Morgan fingerprint density at radius 3 is 2.90 bits per heavy atom. The quantitative estimate of drug-likeness (QED) is 0.659. The van der Waals surface area contributed by atoms with Crippen LogP contribution in [0.4, 0.5) is 4.39 Å². The van der Waals surface area contributed by atoms with E-state index in [9.17, 15) is 9.18 Å². The maximum Gasteiger partial charge on any atom is 0.269 e. The number of amides is 1. The van der Waals surface area contributed by atoms with Gasteiger partial charge in [-0.05, 0) is 31.9 Å². The summed E-state index contributed by atoms with van der Waals surface area (Å²) in [6.07, 6.45) is 2.70. The normalized spacial score (nSPS) is 14.6. The Morgan fingerprint density at radius 1 is 1.37 bits per heavy atom. The van der Waals surface area contributed by atoms with Gasteiger partial charge in [0.1, 0.15) is 29.6 Å². The van der Waals surface area contributed by atoms with Gasteiger partial charge in [0, 0.05) is 32.4 Å². The van der Waals surface area contributed by atoms with Crippen LogP contribution >= 0.6 is 0 Å². The van der Waals surface area contributed by atoms with Crippen LogP contribution in [0.2, 0.25) is 0 Å². The monoisotopic (exact) mass is 415 g/mol. The van der Waals surface area contributed by atoms with Gasteiger partial charge < -0.3 is 19.3 Å². The maximum atomic E-state index is 13.2. The largest absolute Gasteiger partial charge is 0.471 e. The first-order valence-electron chi connectivity index (χ1n) is 9.64. The minimum atomic E-state index is -0.434. The van der Waals surface area contributed by atoms with Crippen LogP contribution in [0.1, 0.15) is 34.7 Å². The molecule has 30 heavy (non-hydrogen) atoms. The lowest BCUT2D eigenvalue weighted by molar-refractivity contribution is 0.0692. The molecule has 10 heteroatoms. The topological polar surface area (TPSA) is 104 Å². The maximum absolute atomic E-state index is 13.2. The van der Waals surface area contributed by atoms with Gasteiger partial charge in [0.05, 0.1) is 17.5 Å². The average molecular weight is 415 g/mol. The smallest absolute Gasteiger partial charge is 0.269 e. The molecule has 1 aliphatic heterocycles. The molecule has 0 unspecified atom stereocenters. The van der Waals surface area contributed by atoms with Gasteiger partial charge in [-0.25, -0.2) is 4.39 Å². The van der Waals surface area contributed by atoms with Crippen LogP contribution in [0.3, 0.4) is 0 Å². The summed E-state index contributed by atoms with van der Waals surface area (Å²) in [5, 5.41) is 11.3. The van der Waals surface area contributed by atoms with Gasteiger partial charge >= 0.3 is 0 Å².